The summed E-state index contributed by atoms with van der Waals surface area (Å²) in [5.74, 6) is 0. The highest BCUT2D eigenvalue weighted by Gasteiger charge is 2.31. The van der Waals surface area contributed by atoms with E-state index in [0.29, 0.717) is 18.7 Å². The van der Waals surface area contributed by atoms with Crippen LogP contribution >= 0.6 is 0 Å². The highest BCUT2D eigenvalue weighted by Crippen LogP contribution is 2.27. The van der Waals surface area contributed by atoms with Crippen molar-refractivity contribution in [1.82, 2.24) is 19.3 Å². The summed E-state index contributed by atoms with van der Waals surface area (Å²) in [7, 11) is -3.72. The first-order valence-electron chi connectivity index (χ1n) is 7.77. The lowest BCUT2D eigenvalue weighted by Gasteiger charge is -2.31. The maximum atomic E-state index is 12.8. The fourth-order valence-corrected chi connectivity index (χ4v) is 4.35. The fraction of sp³-hybridized carbons (Fsp3) is 0.429. The molecule has 0 amide bonds. The molecule has 1 aliphatic heterocycles. The monoisotopic (exact) mass is 366 g/mol. The minimum absolute atomic E-state index is 0.0417. The maximum Gasteiger partial charge on any atom is 0.269 e. The molecule has 0 bridgehead atoms. The molecule has 1 unspecified atom stereocenters. The molecule has 10 nitrogen and oxygen atoms in total. The molecule has 2 aromatic rings. The second-order valence-electron chi connectivity index (χ2n) is 5.80. The number of nitrogens with two attached hydrogens (primary N) is 1. The number of nitro benzene ring substituents is 1. The minimum atomic E-state index is -3.72. The van der Waals surface area contributed by atoms with Crippen LogP contribution in [-0.4, -0.2) is 45.7 Å². The van der Waals surface area contributed by atoms with Gasteiger partial charge in [0.2, 0.25) is 10.0 Å². The summed E-state index contributed by atoms with van der Waals surface area (Å²) in [5.41, 5.74) is 6.03. The molecule has 3 rings (SSSR count). The van der Waals surface area contributed by atoms with E-state index in [1.165, 1.54) is 28.6 Å². The van der Waals surface area contributed by atoms with Gasteiger partial charge in [0, 0.05) is 31.8 Å². The third-order valence-electron chi connectivity index (χ3n) is 4.19. The third-order valence-corrected chi connectivity index (χ3v) is 6.06. The number of piperidine rings is 1. The van der Waals surface area contributed by atoms with Gasteiger partial charge in [-0.05, 0) is 25.0 Å². The highest BCUT2D eigenvalue weighted by atomic mass is 32.2. The summed E-state index contributed by atoms with van der Waals surface area (Å²) in [4.78, 5) is 10.2. The molecule has 0 radical (unpaired) electrons. The number of sulfonamides is 1. The van der Waals surface area contributed by atoms with Crippen molar-refractivity contribution in [1.29, 1.82) is 0 Å². The number of non-ortho nitro benzene ring substituents is 1. The summed E-state index contributed by atoms with van der Waals surface area (Å²) < 4.78 is 28.6. The Bertz CT molecular complexity index is 864. The van der Waals surface area contributed by atoms with E-state index in [4.69, 9.17) is 5.73 Å². The molecular weight excluding hydrogens is 348 g/mol. The highest BCUT2D eigenvalue weighted by molar-refractivity contribution is 7.89. The van der Waals surface area contributed by atoms with E-state index in [1.54, 1.807) is 10.9 Å². The second kappa shape index (κ2) is 6.86. The van der Waals surface area contributed by atoms with Crippen LogP contribution in [0, 0.1) is 10.1 Å². The van der Waals surface area contributed by atoms with Gasteiger partial charge in [0.1, 0.15) is 0 Å². The predicted octanol–water partition coefficient (Wildman–Crippen LogP) is 0.671. The van der Waals surface area contributed by atoms with Crippen LogP contribution < -0.4 is 5.73 Å². The summed E-state index contributed by atoms with van der Waals surface area (Å²) in [6.07, 6.45) is 3.21. The van der Waals surface area contributed by atoms with Gasteiger partial charge in [-0.2, -0.15) is 4.31 Å². The van der Waals surface area contributed by atoms with Crippen LogP contribution in [0.15, 0.2) is 35.4 Å². The molecule has 0 saturated carbocycles. The second-order valence-corrected chi connectivity index (χ2v) is 7.74. The van der Waals surface area contributed by atoms with Crippen LogP contribution in [0.5, 0.6) is 0 Å². The lowest BCUT2D eigenvalue weighted by molar-refractivity contribution is -0.384. The zero-order valence-corrected chi connectivity index (χ0v) is 14.2. The first-order valence-corrected chi connectivity index (χ1v) is 9.21. The number of benzene rings is 1. The molecule has 1 atom stereocenters. The Morgan fingerprint density at radius 2 is 2.04 bits per heavy atom. The normalized spacial score (nSPS) is 19.0. The lowest BCUT2D eigenvalue weighted by atomic mass is 10.1. The van der Waals surface area contributed by atoms with Gasteiger partial charge in [0.05, 0.1) is 27.8 Å². The fourth-order valence-electron chi connectivity index (χ4n) is 2.83. The van der Waals surface area contributed by atoms with Crippen molar-refractivity contribution >= 4 is 15.7 Å². The molecular formula is C14H18N6O4S. The Hall–Kier alpha value is -2.37. The number of nitro groups is 1. The van der Waals surface area contributed by atoms with Crippen LogP contribution in [0.1, 0.15) is 24.6 Å². The summed E-state index contributed by atoms with van der Waals surface area (Å²) >= 11 is 0. The molecule has 1 fully saturated rings. The van der Waals surface area contributed by atoms with Crippen molar-refractivity contribution in [3.63, 3.8) is 0 Å². The summed E-state index contributed by atoms with van der Waals surface area (Å²) in [6.45, 7) is 0.943. The Morgan fingerprint density at radius 1 is 1.32 bits per heavy atom. The average Bonchev–Trinajstić information content (AvgIpc) is 3.11. The Kier molecular flexibility index (Phi) is 4.79. The van der Waals surface area contributed by atoms with E-state index in [2.05, 4.69) is 10.3 Å². The first kappa shape index (κ1) is 17.5. The topological polar surface area (TPSA) is 137 Å². The number of hydrogen-bond donors (Lipinski definition) is 1. The van der Waals surface area contributed by atoms with E-state index in [1.807, 2.05) is 0 Å². The quantitative estimate of drug-likeness (QED) is 0.606. The van der Waals surface area contributed by atoms with Gasteiger partial charge in [0.15, 0.2) is 0 Å². The van der Waals surface area contributed by atoms with Crippen molar-refractivity contribution in [3.8, 4) is 0 Å². The van der Waals surface area contributed by atoms with Crippen molar-refractivity contribution in [3.05, 3.63) is 46.3 Å². The standard InChI is InChI=1S/C14H18N6O4S/c15-8-11-9-19(17-16-11)13-2-1-7-18(10-13)25(23,24)14-5-3-12(4-6-14)20(21)22/h3-6,9,13H,1-2,7-8,10,15H2. The summed E-state index contributed by atoms with van der Waals surface area (Å²) in [5, 5.41) is 18.7. The van der Waals surface area contributed by atoms with Crippen LogP contribution in [0.3, 0.4) is 0 Å². The zero-order chi connectivity index (χ0) is 18.0. The molecule has 1 aliphatic rings. The number of rotatable bonds is 5. The molecule has 2 N–H and O–H groups in total. The van der Waals surface area contributed by atoms with Crippen molar-refractivity contribution in [2.24, 2.45) is 5.73 Å². The van der Waals surface area contributed by atoms with Crippen molar-refractivity contribution < 1.29 is 13.3 Å². The van der Waals surface area contributed by atoms with E-state index in [0.717, 1.165) is 6.42 Å². The molecule has 25 heavy (non-hydrogen) atoms. The van der Waals surface area contributed by atoms with E-state index < -0.39 is 14.9 Å². The van der Waals surface area contributed by atoms with Gasteiger partial charge in [-0.15, -0.1) is 5.10 Å². The third kappa shape index (κ3) is 3.52. The Balaban J connectivity index is 1.80. The van der Waals surface area contributed by atoms with E-state index >= 15 is 0 Å². The lowest BCUT2D eigenvalue weighted by Crippen LogP contribution is -2.40. The van der Waals surface area contributed by atoms with Crippen molar-refractivity contribution in [2.75, 3.05) is 13.1 Å². The Labute approximate surface area is 144 Å². The predicted molar refractivity (Wildman–Crippen MR) is 88.0 cm³/mol. The molecule has 1 saturated heterocycles. The molecule has 0 spiro atoms. The minimum Gasteiger partial charge on any atom is -0.325 e. The van der Waals surface area contributed by atoms with Gasteiger partial charge in [-0.25, -0.2) is 13.1 Å². The maximum absolute atomic E-state index is 12.8. The molecule has 1 aromatic heterocycles. The Morgan fingerprint density at radius 3 is 2.64 bits per heavy atom. The average molecular weight is 366 g/mol. The van der Waals surface area contributed by atoms with Gasteiger partial charge in [-0.3, -0.25) is 10.1 Å². The largest absolute Gasteiger partial charge is 0.325 e. The summed E-state index contributed by atoms with van der Waals surface area (Å²) in [6, 6.07) is 4.80. The van der Waals surface area contributed by atoms with Gasteiger partial charge < -0.3 is 5.73 Å². The molecule has 1 aromatic carbocycles. The van der Waals surface area contributed by atoms with E-state index in [9.17, 15) is 18.5 Å². The smallest absolute Gasteiger partial charge is 0.269 e. The van der Waals surface area contributed by atoms with E-state index in [-0.39, 0.29) is 29.7 Å². The number of hydrogen-bond acceptors (Lipinski definition) is 7. The van der Waals surface area contributed by atoms with Gasteiger partial charge in [-0.1, -0.05) is 5.21 Å². The van der Waals surface area contributed by atoms with Gasteiger partial charge in [0.25, 0.3) is 5.69 Å². The first-order chi connectivity index (χ1) is 11.9. The molecule has 134 valence electrons. The number of aromatic nitrogens is 3. The molecule has 2 heterocycles. The van der Waals surface area contributed by atoms with Crippen LogP contribution in [0.25, 0.3) is 0 Å². The van der Waals surface area contributed by atoms with Crippen LogP contribution in [-0.2, 0) is 16.6 Å². The molecule has 0 aliphatic carbocycles. The van der Waals surface area contributed by atoms with Gasteiger partial charge >= 0.3 is 0 Å². The number of nitrogens with zero attached hydrogens (tertiary/aromatic N) is 5. The van der Waals surface area contributed by atoms with Crippen molar-refractivity contribution in [2.45, 2.75) is 30.3 Å². The zero-order valence-electron chi connectivity index (χ0n) is 13.4. The molecule has 11 heteroatoms. The van der Waals surface area contributed by atoms with Crippen LogP contribution in [0.2, 0.25) is 0 Å². The SMILES string of the molecule is NCc1cn(C2CCCN(S(=O)(=O)c3ccc([N+](=O)[O-])cc3)C2)nn1. The van der Waals surface area contributed by atoms with Crippen LogP contribution in [0.4, 0.5) is 5.69 Å².